The van der Waals surface area contributed by atoms with Crippen molar-refractivity contribution >= 4 is 11.6 Å². The quantitative estimate of drug-likeness (QED) is 0.634. The molecule has 0 fully saturated rings. The molecule has 0 aromatic heterocycles. The van der Waals surface area contributed by atoms with Crippen LogP contribution in [0.15, 0.2) is 18.2 Å². The van der Waals surface area contributed by atoms with Gasteiger partial charge in [0.2, 0.25) is 0 Å². The third-order valence-corrected chi connectivity index (χ3v) is 3.41. The van der Waals surface area contributed by atoms with Crippen molar-refractivity contribution in [3.8, 4) is 0 Å². The first-order valence-corrected chi connectivity index (χ1v) is 5.38. The topological polar surface area (TPSA) is 0 Å². The number of hydrogen-bond acceptors (Lipinski definition) is 0. The summed E-state index contributed by atoms with van der Waals surface area (Å²) >= 11 is 5.96. The van der Waals surface area contributed by atoms with Gasteiger partial charge in [0, 0.05) is 5.02 Å². The van der Waals surface area contributed by atoms with Crippen molar-refractivity contribution in [1.82, 2.24) is 0 Å². The Labute approximate surface area is 84.9 Å². The molecule has 0 N–H and O–H groups in total. The van der Waals surface area contributed by atoms with Crippen LogP contribution in [0.3, 0.4) is 0 Å². The Bertz CT molecular complexity index is 317. The van der Waals surface area contributed by atoms with Crippen LogP contribution in [-0.2, 0) is 6.42 Å². The molecular weight excluding hydrogens is 180 g/mol. The van der Waals surface area contributed by atoms with Crippen LogP contribution in [0.25, 0.3) is 0 Å². The summed E-state index contributed by atoms with van der Waals surface area (Å²) in [5.41, 5.74) is 2.99. The first-order valence-electron chi connectivity index (χ1n) is 5.00. The number of hydrogen-bond donors (Lipinski definition) is 0. The summed E-state index contributed by atoms with van der Waals surface area (Å²) in [5.74, 6) is 1.55. The lowest BCUT2D eigenvalue weighted by Gasteiger charge is -2.13. The molecule has 2 unspecified atom stereocenters. The smallest absolute Gasteiger partial charge is 0.0408 e. The molecule has 0 aliphatic heterocycles. The second-order valence-electron chi connectivity index (χ2n) is 4.04. The first kappa shape index (κ1) is 9.08. The molecule has 1 aromatic carbocycles. The predicted molar refractivity (Wildman–Crippen MR) is 57.4 cm³/mol. The maximum absolute atomic E-state index is 5.96. The highest BCUT2D eigenvalue weighted by Gasteiger charge is 2.27. The Morgan fingerprint density at radius 1 is 1.46 bits per heavy atom. The van der Waals surface area contributed by atoms with E-state index in [2.05, 4.69) is 26.0 Å². The molecule has 0 saturated carbocycles. The second-order valence-corrected chi connectivity index (χ2v) is 4.48. The summed E-state index contributed by atoms with van der Waals surface area (Å²) in [7, 11) is 0. The zero-order valence-corrected chi connectivity index (χ0v) is 8.93. The summed E-state index contributed by atoms with van der Waals surface area (Å²) in [6.07, 6.45) is 2.45. The average Bonchev–Trinajstić information content (AvgIpc) is 2.39. The van der Waals surface area contributed by atoms with Crippen LogP contribution in [0, 0.1) is 5.92 Å². The van der Waals surface area contributed by atoms with E-state index in [0.29, 0.717) is 0 Å². The normalized spacial score (nSPS) is 26.1. The fourth-order valence-electron chi connectivity index (χ4n) is 2.53. The Morgan fingerprint density at radius 3 is 2.92 bits per heavy atom. The van der Waals surface area contributed by atoms with Crippen LogP contribution >= 0.6 is 11.6 Å². The van der Waals surface area contributed by atoms with Gasteiger partial charge in [-0.2, -0.15) is 0 Å². The summed E-state index contributed by atoms with van der Waals surface area (Å²) < 4.78 is 0. The molecule has 0 radical (unpaired) electrons. The maximum Gasteiger partial charge on any atom is 0.0408 e. The highest BCUT2D eigenvalue weighted by Crippen LogP contribution is 2.40. The van der Waals surface area contributed by atoms with Gasteiger partial charge in [-0.05, 0) is 47.9 Å². The van der Waals surface area contributed by atoms with Gasteiger partial charge in [-0.25, -0.2) is 0 Å². The molecule has 1 heteroatoms. The van der Waals surface area contributed by atoms with E-state index in [1.165, 1.54) is 24.0 Å². The zero-order chi connectivity index (χ0) is 9.42. The van der Waals surface area contributed by atoms with Crippen molar-refractivity contribution in [2.45, 2.75) is 32.6 Å². The minimum absolute atomic E-state index is 0.757. The van der Waals surface area contributed by atoms with Crippen LogP contribution < -0.4 is 0 Å². The van der Waals surface area contributed by atoms with Crippen molar-refractivity contribution in [1.29, 1.82) is 0 Å². The molecule has 1 aliphatic carbocycles. The van der Waals surface area contributed by atoms with Gasteiger partial charge in [0.1, 0.15) is 0 Å². The maximum atomic E-state index is 5.96. The van der Waals surface area contributed by atoms with Gasteiger partial charge < -0.3 is 0 Å². The summed E-state index contributed by atoms with van der Waals surface area (Å²) in [6, 6.07) is 6.35. The highest BCUT2D eigenvalue weighted by molar-refractivity contribution is 6.30. The number of fused-ring (bicyclic) bond motifs is 1. The fourth-order valence-corrected chi connectivity index (χ4v) is 2.73. The molecule has 2 rings (SSSR count). The van der Waals surface area contributed by atoms with Crippen molar-refractivity contribution in [2.75, 3.05) is 0 Å². The second kappa shape index (κ2) is 3.34. The number of rotatable bonds is 1. The number of halogens is 1. The molecule has 0 spiro atoms. The minimum atomic E-state index is 0.757. The summed E-state index contributed by atoms with van der Waals surface area (Å²) in [6.45, 7) is 4.60. The molecule has 0 bridgehead atoms. The van der Waals surface area contributed by atoms with E-state index in [4.69, 9.17) is 11.6 Å². The Kier molecular flexibility index (Phi) is 2.33. The minimum Gasteiger partial charge on any atom is -0.0843 e. The lowest BCUT2D eigenvalue weighted by Crippen LogP contribution is -2.01. The SMILES string of the molecule is CCC1c2ccc(Cl)cc2CC1C. The molecule has 0 saturated heterocycles. The van der Waals surface area contributed by atoms with Crippen LogP contribution in [-0.4, -0.2) is 0 Å². The van der Waals surface area contributed by atoms with E-state index in [9.17, 15) is 0 Å². The van der Waals surface area contributed by atoms with Crippen molar-refractivity contribution in [3.05, 3.63) is 34.3 Å². The largest absolute Gasteiger partial charge is 0.0843 e. The summed E-state index contributed by atoms with van der Waals surface area (Å²) in [4.78, 5) is 0. The van der Waals surface area contributed by atoms with Gasteiger partial charge in [0.25, 0.3) is 0 Å². The van der Waals surface area contributed by atoms with Gasteiger partial charge >= 0.3 is 0 Å². The molecule has 0 nitrogen and oxygen atoms in total. The average molecular weight is 195 g/mol. The van der Waals surface area contributed by atoms with E-state index >= 15 is 0 Å². The van der Waals surface area contributed by atoms with Gasteiger partial charge in [-0.1, -0.05) is 31.5 Å². The molecule has 70 valence electrons. The fraction of sp³-hybridized carbons (Fsp3) is 0.500. The molecular formula is C12H15Cl. The van der Waals surface area contributed by atoms with Gasteiger partial charge in [0.15, 0.2) is 0 Å². The molecule has 1 aromatic rings. The third kappa shape index (κ3) is 1.48. The third-order valence-electron chi connectivity index (χ3n) is 3.17. The Hall–Kier alpha value is -0.490. The van der Waals surface area contributed by atoms with E-state index in [0.717, 1.165) is 16.9 Å². The van der Waals surface area contributed by atoms with Crippen molar-refractivity contribution < 1.29 is 0 Å². The molecule has 1 aliphatic rings. The van der Waals surface area contributed by atoms with Gasteiger partial charge in [-0.15, -0.1) is 0 Å². The molecule has 2 atom stereocenters. The zero-order valence-electron chi connectivity index (χ0n) is 8.18. The van der Waals surface area contributed by atoms with Crippen molar-refractivity contribution in [3.63, 3.8) is 0 Å². The van der Waals surface area contributed by atoms with Crippen LogP contribution in [0.4, 0.5) is 0 Å². The lowest BCUT2D eigenvalue weighted by atomic mass is 9.92. The van der Waals surface area contributed by atoms with Gasteiger partial charge in [0.05, 0.1) is 0 Å². The summed E-state index contributed by atoms with van der Waals surface area (Å²) in [5, 5.41) is 0.878. The Balaban J connectivity index is 2.42. The van der Waals surface area contributed by atoms with Crippen LogP contribution in [0.2, 0.25) is 5.02 Å². The monoisotopic (exact) mass is 194 g/mol. The predicted octanol–water partition coefficient (Wildman–Crippen LogP) is 4.03. The highest BCUT2D eigenvalue weighted by atomic mass is 35.5. The Morgan fingerprint density at radius 2 is 2.23 bits per heavy atom. The van der Waals surface area contributed by atoms with Crippen molar-refractivity contribution in [2.24, 2.45) is 5.92 Å². The number of benzene rings is 1. The van der Waals surface area contributed by atoms with E-state index in [1.807, 2.05) is 6.07 Å². The first-order chi connectivity index (χ1) is 6.22. The van der Waals surface area contributed by atoms with Gasteiger partial charge in [-0.3, -0.25) is 0 Å². The molecule has 13 heavy (non-hydrogen) atoms. The van der Waals surface area contributed by atoms with E-state index in [1.54, 1.807) is 0 Å². The van der Waals surface area contributed by atoms with Crippen LogP contribution in [0.5, 0.6) is 0 Å². The lowest BCUT2D eigenvalue weighted by molar-refractivity contribution is 0.486. The molecule has 0 heterocycles. The molecule has 0 amide bonds. The van der Waals surface area contributed by atoms with Crippen LogP contribution in [0.1, 0.15) is 37.3 Å². The van der Waals surface area contributed by atoms with E-state index < -0.39 is 0 Å². The standard InChI is InChI=1S/C12H15Cl/c1-3-11-8(2)6-9-7-10(13)4-5-12(9)11/h4-5,7-8,11H,3,6H2,1-2H3. The van der Waals surface area contributed by atoms with E-state index in [-0.39, 0.29) is 0 Å².